The summed E-state index contributed by atoms with van der Waals surface area (Å²) >= 11 is 5.81. The van der Waals surface area contributed by atoms with Gasteiger partial charge in [0.1, 0.15) is 5.75 Å². The summed E-state index contributed by atoms with van der Waals surface area (Å²) in [5, 5.41) is 10.1. The third kappa shape index (κ3) is 3.93. The summed E-state index contributed by atoms with van der Waals surface area (Å²) in [7, 11) is 1.73. The van der Waals surface area contributed by atoms with Crippen molar-refractivity contribution in [3.8, 4) is 5.75 Å². The number of hydrogen-bond acceptors (Lipinski definition) is 2. The fourth-order valence-corrected chi connectivity index (χ4v) is 1.76. The molecule has 0 aliphatic heterocycles. The summed E-state index contributed by atoms with van der Waals surface area (Å²) in [6, 6.07) is 4.50. The molecule has 1 N–H and O–H groups in total. The Morgan fingerprint density at radius 3 is 2.76 bits per heavy atom. The predicted octanol–water partition coefficient (Wildman–Crippen LogP) is 3.31. The molecule has 3 nitrogen and oxygen atoms in total. The molecule has 1 aromatic carbocycles. The van der Waals surface area contributed by atoms with Crippen molar-refractivity contribution < 1.29 is 9.90 Å². The summed E-state index contributed by atoms with van der Waals surface area (Å²) in [6.45, 7) is 2.81. The number of phenols is 1. The third-order valence-corrected chi connectivity index (χ3v) is 2.87. The molecule has 0 saturated heterocycles. The molecule has 0 saturated carbocycles. The highest BCUT2D eigenvalue weighted by Crippen LogP contribution is 2.22. The third-order valence-electron chi connectivity index (χ3n) is 2.63. The molecule has 1 rings (SSSR count). The molecule has 4 heteroatoms. The topological polar surface area (TPSA) is 40.5 Å². The molecule has 0 aliphatic carbocycles. The van der Waals surface area contributed by atoms with E-state index in [1.165, 1.54) is 12.1 Å². The van der Waals surface area contributed by atoms with Crippen LogP contribution in [0.3, 0.4) is 0 Å². The minimum absolute atomic E-state index is 0.0262. The molecular formula is C13H18ClNO2. The Kier molecular flexibility index (Phi) is 5.29. The molecule has 0 spiro atoms. The molecule has 0 atom stereocenters. The van der Waals surface area contributed by atoms with E-state index in [1.54, 1.807) is 18.0 Å². The largest absolute Gasteiger partial charge is 0.507 e. The van der Waals surface area contributed by atoms with Crippen LogP contribution in [0, 0.1) is 0 Å². The standard InChI is InChI=1S/C13H18ClNO2/c1-3-4-5-8-15(2)13(17)11-9-10(14)6-7-12(11)16/h6-7,9,16H,3-5,8H2,1-2H3. The SMILES string of the molecule is CCCCCN(C)C(=O)c1cc(Cl)ccc1O. The van der Waals surface area contributed by atoms with Crippen LogP contribution in [0.1, 0.15) is 36.5 Å². The van der Waals surface area contributed by atoms with Crippen molar-refractivity contribution in [2.45, 2.75) is 26.2 Å². The Balaban J connectivity index is 2.71. The van der Waals surface area contributed by atoms with E-state index in [2.05, 4.69) is 6.92 Å². The molecule has 0 unspecified atom stereocenters. The number of phenolic OH excluding ortho intramolecular Hbond substituents is 1. The molecule has 0 aliphatic rings. The van der Waals surface area contributed by atoms with Gasteiger partial charge in [-0.25, -0.2) is 0 Å². The van der Waals surface area contributed by atoms with E-state index in [4.69, 9.17) is 11.6 Å². The molecule has 0 aromatic heterocycles. The number of nitrogens with zero attached hydrogens (tertiary/aromatic N) is 1. The average molecular weight is 256 g/mol. The van der Waals surface area contributed by atoms with Crippen molar-refractivity contribution in [2.24, 2.45) is 0 Å². The van der Waals surface area contributed by atoms with Gasteiger partial charge in [-0.05, 0) is 24.6 Å². The van der Waals surface area contributed by atoms with E-state index >= 15 is 0 Å². The molecule has 1 aromatic rings. The molecular weight excluding hydrogens is 238 g/mol. The molecule has 1 amide bonds. The van der Waals surface area contributed by atoms with Crippen LogP contribution >= 0.6 is 11.6 Å². The van der Waals surface area contributed by atoms with Gasteiger partial charge in [0.2, 0.25) is 0 Å². The van der Waals surface area contributed by atoms with Crippen LogP contribution in [0.2, 0.25) is 5.02 Å². The van der Waals surface area contributed by atoms with Crippen LogP contribution in [0.5, 0.6) is 5.75 Å². The molecule has 0 bridgehead atoms. The number of rotatable bonds is 5. The monoisotopic (exact) mass is 255 g/mol. The molecule has 0 heterocycles. The van der Waals surface area contributed by atoms with Gasteiger partial charge < -0.3 is 10.0 Å². The maximum absolute atomic E-state index is 12.0. The van der Waals surface area contributed by atoms with Crippen molar-refractivity contribution in [2.75, 3.05) is 13.6 Å². The quantitative estimate of drug-likeness (QED) is 0.820. The van der Waals surface area contributed by atoms with Crippen LogP contribution in [-0.2, 0) is 0 Å². The van der Waals surface area contributed by atoms with Gasteiger partial charge in [0, 0.05) is 18.6 Å². The Morgan fingerprint density at radius 2 is 2.12 bits per heavy atom. The summed E-state index contributed by atoms with van der Waals surface area (Å²) in [6.07, 6.45) is 3.18. The molecule has 94 valence electrons. The first-order valence-corrected chi connectivity index (χ1v) is 6.18. The van der Waals surface area contributed by atoms with Gasteiger partial charge in [0.05, 0.1) is 5.56 Å². The van der Waals surface area contributed by atoms with Gasteiger partial charge in [-0.15, -0.1) is 0 Å². The number of hydrogen-bond donors (Lipinski definition) is 1. The maximum Gasteiger partial charge on any atom is 0.257 e. The van der Waals surface area contributed by atoms with Gasteiger partial charge >= 0.3 is 0 Å². The molecule has 0 fully saturated rings. The normalized spacial score (nSPS) is 10.3. The molecule has 0 radical (unpaired) electrons. The van der Waals surface area contributed by atoms with Gasteiger partial charge in [-0.2, -0.15) is 0 Å². The Labute approximate surface area is 107 Å². The molecule has 17 heavy (non-hydrogen) atoms. The first-order valence-electron chi connectivity index (χ1n) is 5.80. The highest BCUT2D eigenvalue weighted by Gasteiger charge is 2.15. The van der Waals surface area contributed by atoms with Crippen molar-refractivity contribution in [1.82, 2.24) is 4.90 Å². The number of aromatic hydroxyl groups is 1. The average Bonchev–Trinajstić information content (AvgIpc) is 2.31. The number of unbranched alkanes of at least 4 members (excludes halogenated alkanes) is 2. The highest BCUT2D eigenvalue weighted by atomic mass is 35.5. The van der Waals surface area contributed by atoms with E-state index in [0.29, 0.717) is 11.6 Å². The Hall–Kier alpha value is -1.22. The van der Waals surface area contributed by atoms with Crippen molar-refractivity contribution in [3.05, 3.63) is 28.8 Å². The summed E-state index contributed by atoms with van der Waals surface area (Å²) < 4.78 is 0. The Morgan fingerprint density at radius 1 is 1.41 bits per heavy atom. The number of halogens is 1. The van der Waals surface area contributed by atoms with Crippen molar-refractivity contribution in [3.63, 3.8) is 0 Å². The van der Waals surface area contributed by atoms with Gasteiger partial charge in [0.15, 0.2) is 0 Å². The fraction of sp³-hybridized carbons (Fsp3) is 0.462. The highest BCUT2D eigenvalue weighted by molar-refractivity contribution is 6.31. The zero-order valence-electron chi connectivity index (χ0n) is 10.2. The lowest BCUT2D eigenvalue weighted by Gasteiger charge is -2.17. The van der Waals surface area contributed by atoms with Crippen LogP contribution in [0.25, 0.3) is 0 Å². The van der Waals surface area contributed by atoms with Crippen LogP contribution in [-0.4, -0.2) is 29.5 Å². The van der Waals surface area contributed by atoms with E-state index in [9.17, 15) is 9.90 Å². The number of amides is 1. The van der Waals surface area contributed by atoms with Crippen LogP contribution < -0.4 is 0 Å². The lowest BCUT2D eigenvalue weighted by molar-refractivity contribution is 0.0789. The summed E-state index contributed by atoms with van der Waals surface area (Å²) in [5.41, 5.74) is 0.261. The minimum atomic E-state index is -0.193. The minimum Gasteiger partial charge on any atom is -0.507 e. The van der Waals surface area contributed by atoms with E-state index < -0.39 is 0 Å². The van der Waals surface area contributed by atoms with E-state index in [0.717, 1.165) is 19.3 Å². The lowest BCUT2D eigenvalue weighted by atomic mass is 10.1. The van der Waals surface area contributed by atoms with E-state index in [-0.39, 0.29) is 17.2 Å². The Bertz CT molecular complexity index is 393. The number of carbonyl (C=O) groups excluding carboxylic acids is 1. The van der Waals surface area contributed by atoms with Crippen molar-refractivity contribution >= 4 is 17.5 Å². The van der Waals surface area contributed by atoms with Gasteiger partial charge in [-0.1, -0.05) is 31.4 Å². The zero-order valence-corrected chi connectivity index (χ0v) is 11.0. The fourth-order valence-electron chi connectivity index (χ4n) is 1.59. The predicted molar refractivity (Wildman–Crippen MR) is 69.6 cm³/mol. The first kappa shape index (κ1) is 13.8. The summed E-state index contributed by atoms with van der Waals surface area (Å²) in [4.78, 5) is 13.6. The van der Waals surface area contributed by atoms with Crippen molar-refractivity contribution in [1.29, 1.82) is 0 Å². The van der Waals surface area contributed by atoms with Crippen LogP contribution in [0.15, 0.2) is 18.2 Å². The first-order chi connectivity index (χ1) is 8.06. The van der Waals surface area contributed by atoms with Gasteiger partial charge in [0.25, 0.3) is 5.91 Å². The second kappa shape index (κ2) is 6.50. The maximum atomic E-state index is 12.0. The smallest absolute Gasteiger partial charge is 0.257 e. The number of benzene rings is 1. The lowest BCUT2D eigenvalue weighted by Crippen LogP contribution is -2.27. The second-order valence-corrected chi connectivity index (χ2v) is 4.53. The zero-order chi connectivity index (χ0) is 12.8. The second-order valence-electron chi connectivity index (χ2n) is 4.10. The van der Waals surface area contributed by atoms with E-state index in [1.807, 2.05) is 0 Å². The van der Waals surface area contributed by atoms with Gasteiger partial charge in [-0.3, -0.25) is 4.79 Å². The van der Waals surface area contributed by atoms with Crippen LogP contribution in [0.4, 0.5) is 0 Å². The number of carbonyl (C=O) groups is 1. The summed E-state index contributed by atoms with van der Waals surface area (Å²) in [5.74, 6) is -0.220.